The van der Waals surface area contributed by atoms with E-state index in [4.69, 9.17) is 0 Å². The largest absolute Gasteiger partial charge is 0.366 e. The molecule has 3 aromatic rings. The van der Waals surface area contributed by atoms with E-state index in [1.54, 1.807) is 18.2 Å². The second-order valence-corrected chi connectivity index (χ2v) is 5.84. The summed E-state index contributed by atoms with van der Waals surface area (Å²) >= 11 is 0. The van der Waals surface area contributed by atoms with Gasteiger partial charge in [0.1, 0.15) is 23.8 Å². The van der Waals surface area contributed by atoms with Gasteiger partial charge in [-0.1, -0.05) is 18.2 Å². The number of H-pyrrole nitrogens is 1. The summed E-state index contributed by atoms with van der Waals surface area (Å²) in [5.74, 6) is 2.37. The Balaban J connectivity index is 1.42. The summed E-state index contributed by atoms with van der Waals surface area (Å²) in [7, 11) is 0. The van der Waals surface area contributed by atoms with Gasteiger partial charge in [-0.25, -0.2) is 14.4 Å². The molecule has 0 unspecified atom stereocenters. The van der Waals surface area contributed by atoms with Crippen LogP contribution in [0.5, 0.6) is 0 Å². The van der Waals surface area contributed by atoms with Crippen molar-refractivity contribution < 1.29 is 4.39 Å². The maximum absolute atomic E-state index is 13.6. The van der Waals surface area contributed by atoms with Gasteiger partial charge < -0.3 is 10.6 Å². The minimum atomic E-state index is -0.235. The van der Waals surface area contributed by atoms with Crippen LogP contribution in [0.1, 0.15) is 30.0 Å². The van der Waals surface area contributed by atoms with Gasteiger partial charge in [0, 0.05) is 35.9 Å². The van der Waals surface area contributed by atoms with Crippen molar-refractivity contribution in [1.29, 1.82) is 0 Å². The van der Waals surface area contributed by atoms with E-state index in [2.05, 4.69) is 30.8 Å². The van der Waals surface area contributed by atoms with Crippen LogP contribution in [-0.4, -0.2) is 20.2 Å². The highest BCUT2D eigenvalue weighted by Crippen LogP contribution is 2.39. The summed E-state index contributed by atoms with van der Waals surface area (Å²) in [4.78, 5) is 8.34. The van der Waals surface area contributed by atoms with Crippen LogP contribution in [0, 0.1) is 5.82 Å². The zero-order chi connectivity index (χ0) is 16.4. The zero-order valence-corrected chi connectivity index (χ0v) is 13.0. The molecular formula is C17H17FN6. The van der Waals surface area contributed by atoms with E-state index in [1.807, 2.05) is 12.1 Å². The average Bonchev–Trinajstić information content (AvgIpc) is 3.35. The van der Waals surface area contributed by atoms with Crippen molar-refractivity contribution in [2.24, 2.45) is 0 Å². The molecule has 0 radical (unpaired) electrons. The Kier molecular flexibility index (Phi) is 3.82. The zero-order valence-electron chi connectivity index (χ0n) is 13.0. The van der Waals surface area contributed by atoms with Crippen LogP contribution in [0.3, 0.4) is 0 Å². The maximum Gasteiger partial charge on any atom is 0.153 e. The third-order valence-corrected chi connectivity index (χ3v) is 3.96. The number of nitrogens with one attached hydrogen (secondary N) is 3. The van der Waals surface area contributed by atoms with Crippen molar-refractivity contribution in [2.45, 2.75) is 25.3 Å². The first-order valence-corrected chi connectivity index (χ1v) is 7.89. The summed E-state index contributed by atoms with van der Waals surface area (Å²) in [5, 5.41) is 13.5. The van der Waals surface area contributed by atoms with Gasteiger partial charge >= 0.3 is 0 Å². The molecule has 1 aromatic carbocycles. The second kappa shape index (κ2) is 6.27. The van der Waals surface area contributed by atoms with Crippen LogP contribution in [0.2, 0.25) is 0 Å². The second-order valence-electron chi connectivity index (χ2n) is 5.84. The highest BCUT2D eigenvalue weighted by atomic mass is 19.1. The SMILES string of the molecule is Fc1ccccc1CNc1cc(Nc2cc(C3CC3)[nH]n2)ncn1. The molecule has 6 nitrogen and oxygen atoms in total. The first-order valence-electron chi connectivity index (χ1n) is 7.89. The third kappa shape index (κ3) is 3.34. The molecule has 0 atom stereocenters. The Labute approximate surface area is 138 Å². The lowest BCUT2D eigenvalue weighted by atomic mass is 10.2. The van der Waals surface area contributed by atoms with E-state index in [9.17, 15) is 4.39 Å². The lowest BCUT2D eigenvalue weighted by Gasteiger charge is -2.08. The first-order chi connectivity index (χ1) is 11.8. The van der Waals surface area contributed by atoms with E-state index in [0.29, 0.717) is 29.7 Å². The Hall–Kier alpha value is -2.96. The number of hydrogen-bond acceptors (Lipinski definition) is 5. The van der Waals surface area contributed by atoms with Crippen molar-refractivity contribution in [2.75, 3.05) is 10.6 Å². The monoisotopic (exact) mass is 324 g/mol. The molecule has 1 aliphatic carbocycles. The normalized spacial score (nSPS) is 13.7. The van der Waals surface area contributed by atoms with Gasteiger partial charge in [-0.3, -0.25) is 5.10 Å². The summed E-state index contributed by atoms with van der Waals surface area (Å²) in [6.07, 6.45) is 3.90. The Morgan fingerprint density at radius 2 is 1.92 bits per heavy atom. The average molecular weight is 324 g/mol. The highest BCUT2D eigenvalue weighted by Gasteiger charge is 2.25. The van der Waals surface area contributed by atoms with Crippen molar-refractivity contribution in [3.8, 4) is 0 Å². The van der Waals surface area contributed by atoms with Crippen molar-refractivity contribution in [3.63, 3.8) is 0 Å². The van der Waals surface area contributed by atoms with E-state index < -0.39 is 0 Å². The van der Waals surface area contributed by atoms with Crippen LogP contribution in [0.4, 0.5) is 21.8 Å². The molecule has 24 heavy (non-hydrogen) atoms. The minimum absolute atomic E-state index is 0.235. The molecule has 4 rings (SSSR count). The van der Waals surface area contributed by atoms with Gasteiger partial charge in [0.2, 0.25) is 0 Å². The number of halogens is 1. The van der Waals surface area contributed by atoms with Crippen LogP contribution >= 0.6 is 0 Å². The van der Waals surface area contributed by atoms with Gasteiger partial charge in [-0.05, 0) is 18.9 Å². The number of aromatic amines is 1. The molecule has 1 aliphatic rings. The summed E-state index contributed by atoms with van der Waals surface area (Å²) in [6, 6.07) is 10.4. The number of benzene rings is 1. The van der Waals surface area contributed by atoms with E-state index in [-0.39, 0.29) is 5.82 Å². The Morgan fingerprint density at radius 1 is 1.08 bits per heavy atom. The number of rotatable bonds is 6. The van der Waals surface area contributed by atoms with Crippen LogP contribution in [0.25, 0.3) is 0 Å². The van der Waals surface area contributed by atoms with Crippen molar-refractivity contribution >= 4 is 17.5 Å². The quantitative estimate of drug-likeness (QED) is 0.646. The fourth-order valence-corrected chi connectivity index (χ4v) is 2.49. The fourth-order valence-electron chi connectivity index (χ4n) is 2.49. The summed E-state index contributed by atoms with van der Waals surface area (Å²) < 4.78 is 13.6. The lowest BCUT2D eigenvalue weighted by Crippen LogP contribution is -2.04. The Bertz CT molecular complexity index is 842. The third-order valence-electron chi connectivity index (χ3n) is 3.96. The van der Waals surface area contributed by atoms with Gasteiger partial charge in [0.25, 0.3) is 0 Å². The standard InChI is InChI=1S/C17H17FN6/c18-13-4-2-1-3-12(13)9-19-15-8-16(21-10-20-15)22-17-7-14(23-24-17)11-5-6-11/h1-4,7-8,10-11H,5-6,9H2,(H3,19,20,21,22,23,24). The lowest BCUT2D eigenvalue weighted by molar-refractivity contribution is 0.613. The number of anilines is 3. The van der Waals surface area contributed by atoms with Crippen LogP contribution in [0.15, 0.2) is 42.7 Å². The van der Waals surface area contributed by atoms with Gasteiger partial charge in [-0.2, -0.15) is 5.10 Å². The maximum atomic E-state index is 13.6. The van der Waals surface area contributed by atoms with E-state index in [1.165, 1.54) is 25.2 Å². The van der Waals surface area contributed by atoms with E-state index in [0.717, 1.165) is 11.5 Å². The van der Waals surface area contributed by atoms with Gasteiger partial charge in [0.15, 0.2) is 5.82 Å². The molecule has 0 amide bonds. The minimum Gasteiger partial charge on any atom is -0.366 e. The summed E-state index contributed by atoms with van der Waals surface area (Å²) in [6.45, 7) is 0.358. The highest BCUT2D eigenvalue weighted by molar-refractivity contribution is 5.56. The van der Waals surface area contributed by atoms with Gasteiger partial charge in [-0.15, -0.1) is 0 Å². The van der Waals surface area contributed by atoms with Crippen LogP contribution in [-0.2, 0) is 6.54 Å². The summed E-state index contributed by atoms with van der Waals surface area (Å²) in [5.41, 5.74) is 1.75. The van der Waals surface area contributed by atoms with Crippen molar-refractivity contribution in [1.82, 2.24) is 20.2 Å². The molecule has 0 bridgehead atoms. The van der Waals surface area contributed by atoms with Crippen LogP contribution < -0.4 is 10.6 Å². The molecule has 1 fully saturated rings. The molecule has 2 heterocycles. The molecule has 2 aromatic heterocycles. The molecule has 1 saturated carbocycles. The molecule has 7 heteroatoms. The molecule has 0 saturated heterocycles. The Morgan fingerprint density at radius 3 is 2.75 bits per heavy atom. The predicted molar refractivity (Wildman–Crippen MR) is 89.6 cm³/mol. The molecule has 0 aliphatic heterocycles. The fraction of sp³-hybridized carbons (Fsp3) is 0.235. The molecule has 0 spiro atoms. The van der Waals surface area contributed by atoms with E-state index >= 15 is 0 Å². The number of nitrogens with zero attached hydrogens (tertiary/aromatic N) is 3. The molecule has 122 valence electrons. The smallest absolute Gasteiger partial charge is 0.153 e. The number of aromatic nitrogens is 4. The van der Waals surface area contributed by atoms with Gasteiger partial charge in [0.05, 0.1) is 0 Å². The molecule has 3 N–H and O–H groups in total. The topological polar surface area (TPSA) is 78.5 Å². The van der Waals surface area contributed by atoms with Crippen molar-refractivity contribution in [3.05, 3.63) is 59.8 Å². The number of hydrogen-bond donors (Lipinski definition) is 3. The molecular weight excluding hydrogens is 307 g/mol. The first kappa shape index (κ1) is 14.6. The predicted octanol–water partition coefficient (Wildman–Crippen LogP) is 3.57.